The van der Waals surface area contributed by atoms with Crippen molar-refractivity contribution in [3.8, 4) is 0 Å². The Hall–Kier alpha value is -1.09. The molecule has 0 N–H and O–H groups in total. The van der Waals surface area contributed by atoms with Gasteiger partial charge in [-0.1, -0.05) is 17.7 Å². The van der Waals surface area contributed by atoms with Crippen LogP contribution in [0.5, 0.6) is 0 Å². The van der Waals surface area contributed by atoms with Crippen molar-refractivity contribution in [2.45, 2.75) is 32.6 Å². The maximum Gasteiger partial charge on any atom is 0.305 e. The van der Waals surface area contributed by atoms with Crippen molar-refractivity contribution in [1.29, 1.82) is 0 Å². The number of carbonyl (C=O) groups excluding carboxylic acids is 1. The summed E-state index contributed by atoms with van der Waals surface area (Å²) in [5, 5.41) is 0.510. The van der Waals surface area contributed by atoms with Crippen LogP contribution in [0.15, 0.2) is 18.3 Å². The first-order valence-electron chi connectivity index (χ1n) is 5.48. The third-order valence-electron chi connectivity index (χ3n) is 2.19. The summed E-state index contributed by atoms with van der Waals surface area (Å²) in [7, 11) is 0. The van der Waals surface area contributed by atoms with Gasteiger partial charge in [-0.3, -0.25) is 4.79 Å². The topological polar surface area (TPSA) is 39.2 Å². The Morgan fingerprint density at radius 3 is 2.88 bits per heavy atom. The van der Waals surface area contributed by atoms with Gasteiger partial charge in [0, 0.05) is 12.6 Å². The number of aromatic nitrogens is 1. The van der Waals surface area contributed by atoms with E-state index in [1.54, 1.807) is 12.3 Å². The average molecular weight is 242 g/mol. The van der Waals surface area contributed by atoms with Gasteiger partial charge in [-0.2, -0.15) is 0 Å². The van der Waals surface area contributed by atoms with E-state index in [1.165, 1.54) is 0 Å². The van der Waals surface area contributed by atoms with Crippen LogP contribution in [0.25, 0.3) is 0 Å². The summed E-state index contributed by atoms with van der Waals surface area (Å²) in [5.41, 5.74) is 1.15. The SMILES string of the molecule is CCOC(=O)CCCCc1ccc(Cl)nc1. The van der Waals surface area contributed by atoms with Gasteiger partial charge in [0.1, 0.15) is 5.15 Å². The Balaban J connectivity index is 2.16. The number of hydrogen-bond acceptors (Lipinski definition) is 3. The summed E-state index contributed by atoms with van der Waals surface area (Å²) in [5.74, 6) is -0.114. The highest BCUT2D eigenvalue weighted by Gasteiger charge is 2.01. The number of aryl methyl sites for hydroxylation is 1. The van der Waals surface area contributed by atoms with Crippen LogP contribution < -0.4 is 0 Å². The van der Waals surface area contributed by atoms with Gasteiger partial charge in [-0.15, -0.1) is 0 Å². The highest BCUT2D eigenvalue weighted by Crippen LogP contribution is 2.09. The summed E-state index contributed by atoms with van der Waals surface area (Å²) in [4.78, 5) is 15.0. The van der Waals surface area contributed by atoms with E-state index < -0.39 is 0 Å². The molecule has 0 unspecified atom stereocenters. The highest BCUT2D eigenvalue weighted by atomic mass is 35.5. The maximum absolute atomic E-state index is 11.0. The Morgan fingerprint density at radius 2 is 2.25 bits per heavy atom. The smallest absolute Gasteiger partial charge is 0.305 e. The van der Waals surface area contributed by atoms with Crippen molar-refractivity contribution < 1.29 is 9.53 Å². The van der Waals surface area contributed by atoms with Gasteiger partial charge in [0.25, 0.3) is 0 Å². The van der Waals surface area contributed by atoms with Crippen molar-refractivity contribution in [1.82, 2.24) is 4.98 Å². The number of rotatable bonds is 6. The zero-order valence-electron chi connectivity index (χ0n) is 9.41. The van der Waals surface area contributed by atoms with E-state index in [-0.39, 0.29) is 5.97 Å². The van der Waals surface area contributed by atoms with Crippen LogP contribution in [-0.2, 0) is 16.0 Å². The van der Waals surface area contributed by atoms with E-state index in [1.807, 2.05) is 13.0 Å². The van der Waals surface area contributed by atoms with Crippen molar-refractivity contribution >= 4 is 17.6 Å². The van der Waals surface area contributed by atoms with Crippen molar-refractivity contribution in [3.05, 3.63) is 29.0 Å². The molecule has 0 aliphatic heterocycles. The molecule has 0 aromatic carbocycles. The molecule has 0 bridgehead atoms. The lowest BCUT2D eigenvalue weighted by Crippen LogP contribution is -2.03. The van der Waals surface area contributed by atoms with Gasteiger partial charge in [0.2, 0.25) is 0 Å². The summed E-state index contributed by atoms with van der Waals surface area (Å²) in [6.07, 6.45) is 4.99. The number of hydrogen-bond donors (Lipinski definition) is 0. The minimum atomic E-state index is -0.114. The van der Waals surface area contributed by atoms with Crippen LogP contribution in [0.2, 0.25) is 5.15 Å². The van der Waals surface area contributed by atoms with Gasteiger partial charge in [0.15, 0.2) is 0 Å². The first kappa shape index (κ1) is 13.0. The minimum Gasteiger partial charge on any atom is -0.466 e. The maximum atomic E-state index is 11.0. The molecule has 4 heteroatoms. The second kappa shape index (κ2) is 7.23. The van der Waals surface area contributed by atoms with E-state index in [0.717, 1.165) is 24.8 Å². The van der Waals surface area contributed by atoms with Crippen LogP contribution in [0, 0.1) is 0 Å². The predicted octanol–water partition coefficient (Wildman–Crippen LogP) is 3.01. The first-order valence-corrected chi connectivity index (χ1v) is 5.86. The normalized spacial score (nSPS) is 10.1. The first-order chi connectivity index (χ1) is 7.72. The van der Waals surface area contributed by atoms with Crippen LogP contribution in [0.1, 0.15) is 31.7 Å². The molecule has 1 rings (SSSR count). The lowest BCUT2D eigenvalue weighted by molar-refractivity contribution is -0.143. The van der Waals surface area contributed by atoms with Gasteiger partial charge in [-0.25, -0.2) is 4.98 Å². The van der Waals surface area contributed by atoms with Crippen LogP contribution in [-0.4, -0.2) is 17.6 Å². The number of unbranched alkanes of at least 4 members (excludes halogenated alkanes) is 1. The largest absolute Gasteiger partial charge is 0.466 e. The van der Waals surface area contributed by atoms with E-state index in [2.05, 4.69) is 4.98 Å². The van der Waals surface area contributed by atoms with E-state index in [9.17, 15) is 4.79 Å². The molecule has 1 aromatic heterocycles. The molecule has 1 heterocycles. The van der Waals surface area contributed by atoms with Crippen LogP contribution >= 0.6 is 11.6 Å². The second-order valence-electron chi connectivity index (χ2n) is 3.50. The summed E-state index contributed by atoms with van der Waals surface area (Å²) in [6.45, 7) is 2.28. The van der Waals surface area contributed by atoms with Crippen LogP contribution in [0.3, 0.4) is 0 Å². The second-order valence-corrected chi connectivity index (χ2v) is 3.89. The van der Waals surface area contributed by atoms with Gasteiger partial charge >= 0.3 is 5.97 Å². The number of halogens is 1. The van der Waals surface area contributed by atoms with Gasteiger partial charge < -0.3 is 4.74 Å². The molecule has 0 saturated heterocycles. The number of pyridine rings is 1. The molecule has 88 valence electrons. The van der Waals surface area contributed by atoms with Crippen molar-refractivity contribution in [2.24, 2.45) is 0 Å². The number of esters is 1. The minimum absolute atomic E-state index is 0.114. The molecule has 3 nitrogen and oxygen atoms in total. The molecule has 0 saturated carbocycles. The molecular weight excluding hydrogens is 226 g/mol. The molecule has 0 aliphatic carbocycles. The summed E-state index contributed by atoms with van der Waals surface area (Å²) >= 11 is 5.68. The van der Waals surface area contributed by atoms with E-state index >= 15 is 0 Å². The molecule has 0 atom stereocenters. The monoisotopic (exact) mass is 241 g/mol. The average Bonchev–Trinajstić information content (AvgIpc) is 2.27. The molecule has 0 aliphatic rings. The standard InChI is InChI=1S/C12H16ClNO2/c1-2-16-12(15)6-4-3-5-10-7-8-11(13)14-9-10/h7-9H,2-6H2,1H3. The molecular formula is C12H16ClNO2. The van der Waals surface area contributed by atoms with Crippen molar-refractivity contribution in [2.75, 3.05) is 6.61 Å². The highest BCUT2D eigenvalue weighted by molar-refractivity contribution is 6.29. The molecule has 0 spiro atoms. The van der Waals surface area contributed by atoms with Crippen molar-refractivity contribution in [3.63, 3.8) is 0 Å². The molecule has 0 radical (unpaired) electrons. The Bertz CT molecular complexity index is 324. The Morgan fingerprint density at radius 1 is 1.44 bits per heavy atom. The predicted molar refractivity (Wildman–Crippen MR) is 63.4 cm³/mol. The molecule has 1 aromatic rings. The number of ether oxygens (including phenoxy) is 1. The quantitative estimate of drug-likeness (QED) is 0.437. The van der Waals surface area contributed by atoms with E-state index in [4.69, 9.17) is 16.3 Å². The fourth-order valence-corrected chi connectivity index (χ4v) is 1.50. The summed E-state index contributed by atoms with van der Waals surface area (Å²) < 4.78 is 4.84. The summed E-state index contributed by atoms with van der Waals surface area (Å²) in [6, 6.07) is 3.74. The van der Waals surface area contributed by atoms with E-state index in [0.29, 0.717) is 18.2 Å². The lowest BCUT2D eigenvalue weighted by Gasteiger charge is -2.02. The number of carbonyl (C=O) groups is 1. The zero-order chi connectivity index (χ0) is 11.8. The van der Waals surface area contributed by atoms with Gasteiger partial charge in [0.05, 0.1) is 6.61 Å². The third kappa shape index (κ3) is 5.12. The Labute approximate surface area is 101 Å². The Kier molecular flexibility index (Phi) is 5.86. The fourth-order valence-electron chi connectivity index (χ4n) is 1.39. The fraction of sp³-hybridized carbons (Fsp3) is 0.500. The van der Waals surface area contributed by atoms with Gasteiger partial charge in [-0.05, 0) is 37.8 Å². The zero-order valence-corrected chi connectivity index (χ0v) is 10.2. The third-order valence-corrected chi connectivity index (χ3v) is 2.41. The number of nitrogens with zero attached hydrogens (tertiary/aromatic N) is 1. The lowest BCUT2D eigenvalue weighted by atomic mass is 10.1. The van der Waals surface area contributed by atoms with Crippen LogP contribution in [0.4, 0.5) is 0 Å². The molecule has 0 amide bonds. The molecule has 16 heavy (non-hydrogen) atoms. The molecule has 0 fully saturated rings.